The van der Waals surface area contributed by atoms with Crippen LogP contribution in [0.1, 0.15) is 65.0 Å². The van der Waals surface area contributed by atoms with Gasteiger partial charge in [-0.15, -0.1) is 0 Å². The lowest BCUT2D eigenvalue weighted by Crippen LogP contribution is -2.25. The molecule has 0 saturated heterocycles. The first kappa shape index (κ1) is 15.0. The van der Waals surface area contributed by atoms with Gasteiger partial charge in [0.15, 0.2) is 11.6 Å². The predicted octanol–water partition coefficient (Wildman–Crippen LogP) is 4.39. The van der Waals surface area contributed by atoms with Gasteiger partial charge < -0.3 is 0 Å². The summed E-state index contributed by atoms with van der Waals surface area (Å²) in [5.41, 5.74) is -0.256. The Hall–Kier alpha value is -1.06. The number of nitrogens with zero attached hydrogens (tertiary/aromatic N) is 2. The van der Waals surface area contributed by atoms with Crippen molar-refractivity contribution >= 4 is 0 Å². The quantitative estimate of drug-likeness (QED) is 0.676. The van der Waals surface area contributed by atoms with Gasteiger partial charge in [-0.25, -0.2) is 8.78 Å². The zero-order valence-electron chi connectivity index (χ0n) is 11.5. The lowest BCUT2D eigenvalue weighted by Gasteiger charge is -2.27. The zero-order valence-corrected chi connectivity index (χ0v) is 11.5. The van der Waals surface area contributed by atoms with Crippen LogP contribution < -0.4 is 0 Å². The van der Waals surface area contributed by atoms with Crippen molar-refractivity contribution in [3.8, 4) is 0 Å². The van der Waals surface area contributed by atoms with Gasteiger partial charge in [-0.3, -0.25) is 0 Å². The maximum absolute atomic E-state index is 13.8. The van der Waals surface area contributed by atoms with Crippen LogP contribution >= 0.6 is 0 Å². The van der Waals surface area contributed by atoms with E-state index in [9.17, 15) is 8.78 Å². The average Bonchev–Trinajstić information content (AvgIpc) is 2.37. The smallest absolute Gasteiger partial charge is 0.184 e. The van der Waals surface area contributed by atoms with Crippen molar-refractivity contribution in [2.45, 2.75) is 64.7 Å². The molecule has 1 unspecified atom stereocenters. The second kappa shape index (κ2) is 6.76. The van der Waals surface area contributed by atoms with E-state index in [0.29, 0.717) is 0 Å². The molecule has 1 rings (SSSR count). The molecule has 0 aromatic carbocycles. The van der Waals surface area contributed by atoms with Crippen molar-refractivity contribution < 1.29 is 8.78 Å². The van der Waals surface area contributed by atoms with Crippen LogP contribution in [0.15, 0.2) is 6.20 Å². The molecular formula is C14H22F2N2. The second-order valence-corrected chi connectivity index (χ2v) is 5.08. The Morgan fingerprint density at radius 2 is 1.89 bits per heavy atom. The van der Waals surface area contributed by atoms with Gasteiger partial charge in [0.05, 0.1) is 6.20 Å². The SMILES string of the molecule is CCCCCCC(C)(CC)c1nncc(F)c1F. The van der Waals surface area contributed by atoms with E-state index in [4.69, 9.17) is 0 Å². The minimum Gasteiger partial charge on any atom is -0.202 e. The molecule has 0 spiro atoms. The molecular weight excluding hydrogens is 234 g/mol. The molecule has 0 bridgehead atoms. The first-order chi connectivity index (χ1) is 8.55. The second-order valence-electron chi connectivity index (χ2n) is 5.08. The summed E-state index contributed by atoms with van der Waals surface area (Å²) in [6.45, 7) is 6.06. The molecule has 1 atom stereocenters. The van der Waals surface area contributed by atoms with E-state index in [1.165, 1.54) is 6.42 Å². The lowest BCUT2D eigenvalue weighted by molar-refractivity contribution is 0.351. The van der Waals surface area contributed by atoms with Gasteiger partial charge in [0, 0.05) is 5.41 Å². The first-order valence-electron chi connectivity index (χ1n) is 6.72. The van der Waals surface area contributed by atoms with E-state index in [0.717, 1.165) is 38.3 Å². The molecule has 0 N–H and O–H groups in total. The molecule has 1 aromatic rings. The van der Waals surface area contributed by atoms with Crippen LogP contribution in [-0.2, 0) is 5.41 Å². The fourth-order valence-electron chi connectivity index (χ4n) is 2.14. The molecule has 4 heteroatoms. The van der Waals surface area contributed by atoms with Gasteiger partial charge in [0.1, 0.15) is 5.69 Å². The van der Waals surface area contributed by atoms with Crippen LogP contribution in [0.5, 0.6) is 0 Å². The molecule has 0 saturated carbocycles. The highest BCUT2D eigenvalue weighted by Crippen LogP contribution is 2.33. The number of aromatic nitrogens is 2. The van der Waals surface area contributed by atoms with E-state index in [1.54, 1.807) is 0 Å². The zero-order chi connectivity index (χ0) is 13.6. The maximum Gasteiger partial charge on any atom is 0.184 e. The average molecular weight is 256 g/mol. The van der Waals surface area contributed by atoms with Crippen LogP contribution in [0, 0.1) is 11.6 Å². The molecule has 1 heterocycles. The Labute approximate surface area is 108 Å². The van der Waals surface area contributed by atoms with Crippen molar-refractivity contribution in [3.63, 3.8) is 0 Å². The number of hydrogen-bond acceptors (Lipinski definition) is 2. The predicted molar refractivity (Wildman–Crippen MR) is 68.4 cm³/mol. The highest BCUT2D eigenvalue weighted by atomic mass is 19.2. The number of unbranched alkanes of at least 4 members (excludes halogenated alkanes) is 3. The number of hydrogen-bond donors (Lipinski definition) is 0. The fourth-order valence-corrected chi connectivity index (χ4v) is 2.14. The van der Waals surface area contributed by atoms with E-state index in [1.807, 2.05) is 13.8 Å². The molecule has 102 valence electrons. The summed E-state index contributed by atoms with van der Waals surface area (Å²) in [5, 5.41) is 7.35. The highest BCUT2D eigenvalue weighted by Gasteiger charge is 2.30. The molecule has 0 aliphatic rings. The monoisotopic (exact) mass is 256 g/mol. The Kier molecular flexibility index (Phi) is 5.63. The lowest BCUT2D eigenvalue weighted by atomic mass is 9.78. The molecule has 2 nitrogen and oxygen atoms in total. The third kappa shape index (κ3) is 3.47. The molecule has 0 aliphatic heterocycles. The molecule has 0 aliphatic carbocycles. The van der Waals surface area contributed by atoms with E-state index < -0.39 is 17.0 Å². The topological polar surface area (TPSA) is 25.8 Å². The standard InChI is InChI=1S/C14H22F2N2/c1-4-6-7-8-9-14(3,5-2)13-12(16)11(15)10-17-18-13/h10H,4-9H2,1-3H3. The first-order valence-corrected chi connectivity index (χ1v) is 6.72. The largest absolute Gasteiger partial charge is 0.202 e. The summed E-state index contributed by atoms with van der Waals surface area (Å²) in [5.74, 6) is -1.75. The van der Waals surface area contributed by atoms with Gasteiger partial charge in [-0.1, -0.05) is 46.5 Å². The fraction of sp³-hybridized carbons (Fsp3) is 0.714. The minimum atomic E-state index is -0.909. The summed E-state index contributed by atoms with van der Waals surface area (Å²) in [6, 6.07) is 0. The Morgan fingerprint density at radius 3 is 2.50 bits per heavy atom. The van der Waals surface area contributed by atoms with Crippen LogP contribution in [0.4, 0.5) is 8.78 Å². The summed E-state index contributed by atoms with van der Waals surface area (Å²) >= 11 is 0. The Balaban J connectivity index is 2.82. The molecule has 0 radical (unpaired) electrons. The molecule has 0 amide bonds. The van der Waals surface area contributed by atoms with E-state index in [2.05, 4.69) is 17.1 Å². The van der Waals surface area contributed by atoms with Crippen molar-refractivity contribution in [2.75, 3.05) is 0 Å². The third-order valence-electron chi connectivity index (χ3n) is 3.68. The number of halogens is 2. The maximum atomic E-state index is 13.8. The van der Waals surface area contributed by atoms with Gasteiger partial charge in [-0.05, 0) is 12.8 Å². The van der Waals surface area contributed by atoms with Gasteiger partial charge >= 0.3 is 0 Å². The summed E-state index contributed by atoms with van der Waals surface area (Å²) < 4.78 is 27.0. The van der Waals surface area contributed by atoms with Crippen LogP contribution in [0.25, 0.3) is 0 Å². The van der Waals surface area contributed by atoms with Crippen molar-refractivity contribution in [3.05, 3.63) is 23.5 Å². The Morgan fingerprint density at radius 1 is 1.17 bits per heavy atom. The van der Waals surface area contributed by atoms with Gasteiger partial charge in [-0.2, -0.15) is 10.2 Å². The van der Waals surface area contributed by atoms with Gasteiger partial charge in [0.2, 0.25) is 0 Å². The summed E-state index contributed by atoms with van der Waals surface area (Å²) in [7, 11) is 0. The Bertz CT molecular complexity index is 382. The highest BCUT2D eigenvalue weighted by molar-refractivity contribution is 5.16. The van der Waals surface area contributed by atoms with Crippen molar-refractivity contribution in [1.29, 1.82) is 0 Å². The minimum absolute atomic E-state index is 0.168. The van der Waals surface area contributed by atoms with Crippen LogP contribution in [-0.4, -0.2) is 10.2 Å². The molecule has 0 fully saturated rings. The summed E-state index contributed by atoms with van der Waals surface area (Å²) in [4.78, 5) is 0. The number of rotatable bonds is 7. The molecule has 1 aromatic heterocycles. The molecule has 18 heavy (non-hydrogen) atoms. The third-order valence-corrected chi connectivity index (χ3v) is 3.68. The van der Waals surface area contributed by atoms with Gasteiger partial charge in [0.25, 0.3) is 0 Å². The summed E-state index contributed by atoms with van der Waals surface area (Å²) in [6.07, 6.45) is 6.85. The van der Waals surface area contributed by atoms with Crippen molar-refractivity contribution in [1.82, 2.24) is 10.2 Å². The van der Waals surface area contributed by atoms with Crippen molar-refractivity contribution in [2.24, 2.45) is 0 Å². The van der Waals surface area contributed by atoms with E-state index in [-0.39, 0.29) is 5.69 Å². The normalized spacial score (nSPS) is 14.5. The van der Waals surface area contributed by atoms with Crippen LogP contribution in [0.3, 0.4) is 0 Å². The van der Waals surface area contributed by atoms with Crippen LogP contribution in [0.2, 0.25) is 0 Å². The van der Waals surface area contributed by atoms with E-state index >= 15 is 0 Å².